The first-order chi connectivity index (χ1) is 7.74. The van der Waals surface area contributed by atoms with Gasteiger partial charge in [-0.05, 0) is 24.0 Å². The van der Waals surface area contributed by atoms with Gasteiger partial charge in [0, 0.05) is 5.56 Å². The Bertz CT molecular complexity index is 377. The number of fused-ring (bicyclic) bond motifs is 1. The molecule has 0 fully saturated rings. The van der Waals surface area contributed by atoms with E-state index >= 15 is 0 Å². The highest BCUT2D eigenvalue weighted by atomic mass is 16.7. The van der Waals surface area contributed by atoms with Crippen LogP contribution in [0, 0.1) is 0 Å². The maximum Gasteiger partial charge on any atom is 0.231 e. The number of hydrogen-bond acceptors (Lipinski definition) is 4. The topological polar surface area (TPSA) is 53.7 Å². The molecule has 1 aliphatic heterocycles. The van der Waals surface area contributed by atoms with Gasteiger partial charge in [-0.15, -0.1) is 0 Å². The van der Waals surface area contributed by atoms with E-state index in [9.17, 15) is 0 Å². The first-order valence-corrected chi connectivity index (χ1v) is 5.47. The molecule has 0 spiro atoms. The summed E-state index contributed by atoms with van der Waals surface area (Å²) in [6, 6.07) is 4.00. The third-order valence-corrected chi connectivity index (χ3v) is 2.73. The van der Waals surface area contributed by atoms with Gasteiger partial charge in [0.2, 0.25) is 6.79 Å². The van der Waals surface area contributed by atoms with E-state index in [1.807, 2.05) is 6.07 Å². The molecule has 0 aromatic heterocycles. The third-order valence-electron chi connectivity index (χ3n) is 2.73. The molecule has 2 N–H and O–H groups in total. The van der Waals surface area contributed by atoms with Crippen molar-refractivity contribution in [3.8, 4) is 11.5 Å². The second-order valence-electron chi connectivity index (χ2n) is 4.15. The second-order valence-corrected chi connectivity index (χ2v) is 4.15. The first-order valence-electron chi connectivity index (χ1n) is 5.47. The lowest BCUT2D eigenvalue weighted by Crippen LogP contribution is -2.07. The molecule has 4 nitrogen and oxygen atoms in total. The van der Waals surface area contributed by atoms with Crippen LogP contribution in [0.4, 0.5) is 0 Å². The largest absolute Gasteiger partial charge is 0.454 e. The van der Waals surface area contributed by atoms with Crippen molar-refractivity contribution in [1.82, 2.24) is 0 Å². The Morgan fingerprint density at radius 2 is 2.19 bits per heavy atom. The van der Waals surface area contributed by atoms with E-state index in [0.29, 0.717) is 19.3 Å². The Morgan fingerprint density at radius 1 is 1.38 bits per heavy atom. The van der Waals surface area contributed by atoms with Crippen LogP contribution >= 0.6 is 0 Å². The standard InChI is InChI=1S/C12H17NO3/c1-8(2)11-9(5-6-16-13)3-4-10-12(11)15-7-14-10/h3-4,8H,5-7,13H2,1-2H3. The molecule has 0 unspecified atom stereocenters. The Labute approximate surface area is 95.2 Å². The second kappa shape index (κ2) is 4.72. The highest BCUT2D eigenvalue weighted by molar-refractivity contribution is 5.53. The zero-order chi connectivity index (χ0) is 11.5. The van der Waals surface area contributed by atoms with E-state index in [4.69, 9.17) is 15.4 Å². The van der Waals surface area contributed by atoms with Crippen LogP contribution in [0.1, 0.15) is 30.9 Å². The molecule has 1 heterocycles. The molecule has 1 aliphatic rings. The molecule has 0 saturated heterocycles. The molecule has 1 aromatic carbocycles. The smallest absolute Gasteiger partial charge is 0.231 e. The summed E-state index contributed by atoms with van der Waals surface area (Å²) in [6.45, 7) is 5.11. The summed E-state index contributed by atoms with van der Waals surface area (Å²) < 4.78 is 10.9. The number of benzene rings is 1. The van der Waals surface area contributed by atoms with Crippen molar-refractivity contribution in [3.63, 3.8) is 0 Å². The van der Waals surface area contributed by atoms with Crippen LogP contribution in [0.2, 0.25) is 0 Å². The van der Waals surface area contributed by atoms with Crippen molar-refractivity contribution < 1.29 is 14.3 Å². The van der Waals surface area contributed by atoms with Gasteiger partial charge in [-0.25, -0.2) is 5.90 Å². The maximum absolute atomic E-state index is 5.52. The number of rotatable bonds is 4. The van der Waals surface area contributed by atoms with Crippen LogP contribution in [0.15, 0.2) is 12.1 Å². The van der Waals surface area contributed by atoms with Crippen molar-refractivity contribution in [1.29, 1.82) is 0 Å². The number of nitrogens with two attached hydrogens (primary N) is 1. The molecule has 16 heavy (non-hydrogen) atoms. The van der Waals surface area contributed by atoms with Crippen LogP contribution in [-0.4, -0.2) is 13.4 Å². The van der Waals surface area contributed by atoms with Crippen molar-refractivity contribution >= 4 is 0 Å². The number of ether oxygens (including phenoxy) is 2. The van der Waals surface area contributed by atoms with Gasteiger partial charge < -0.3 is 14.3 Å². The summed E-state index contributed by atoms with van der Waals surface area (Å²) in [5, 5.41) is 0. The molecule has 0 saturated carbocycles. The minimum absolute atomic E-state index is 0.311. The minimum Gasteiger partial charge on any atom is -0.454 e. The van der Waals surface area contributed by atoms with Crippen molar-refractivity contribution in [2.24, 2.45) is 5.90 Å². The van der Waals surface area contributed by atoms with E-state index in [2.05, 4.69) is 24.8 Å². The van der Waals surface area contributed by atoms with E-state index in [1.54, 1.807) is 0 Å². The third kappa shape index (κ3) is 1.99. The number of hydrogen-bond donors (Lipinski definition) is 1. The van der Waals surface area contributed by atoms with Gasteiger partial charge in [0.1, 0.15) is 0 Å². The zero-order valence-electron chi connectivity index (χ0n) is 9.66. The van der Waals surface area contributed by atoms with Crippen LogP contribution in [-0.2, 0) is 11.3 Å². The summed E-state index contributed by atoms with van der Waals surface area (Å²) in [5.74, 6) is 7.17. The monoisotopic (exact) mass is 223 g/mol. The van der Waals surface area contributed by atoms with Gasteiger partial charge in [-0.2, -0.15) is 0 Å². The zero-order valence-corrected chi connectivity index (χ0v) is 9.66. The predicted octanol–water partition coefficient (Wildman–Crippen LogP) is 1.97. The minimum atomic E-state index is 0.311. The Morgan fingerprint density at radius 3 is 2.88 bits per heavy atom. The van der Waals surface area contributed by atoms with Gasteiger partial charge in [-0.3, -0.25) is 0 Å². The molecule has 2 rings (SSSR count). The van der Waals surface area contributed by atoms with E-state index in [0.717, 1.165) is 17.9 Å². The normalized spacial score (nSPS) is 13.5. The fraction of sp³-hybridized carbons (Fsp3) is 0.500. The van der Waals surface area contributed by atoms with Crippen molar-refractivity contribution in [3.05, 3.63) is 23.3 Å². The quantitative estimate of drug-likeness (QED) is 0.793. The molecule has 0 atom stereocenters. The van der Waals surface area contributed by atoms with Gasteiger partial charge in [-0.1, -0.05) is 19.9 Å². The lowest BCUT2D eigenvalue weighted by atomic mass is 9.94. The fourth-order valence-electron chi connectivity index (χ4n) is 2.05. The van der Waals surface area contributed by atoms with Crippen LogP contribution < -0.4 is 15.4 Å². The Balaban J connectivity index is 2.37. The average Bonchev–Trinajstić information content (AvgIpc) is 2.72. The summed E-state index contributed by atoms with van der Waals surface area (Å²) in [6.07, 6.45) is 0.792. The van der Waals surface area contributed by atoms with Crippen LogP contribution in [0.3, 0.4) is 0 Å². The summed E-state index contributed by atoms with van der Waals surface area (Å²) >= 11 is 0. The Hall–Kier alpha value is -1.26. The molecule has 4 heteroatoms. The van der Waals surface area contributed by atoms with E-state index < -0.39 is 0 Å². The van der Waals surface area contributed by atoms with Gasteiger partial charge in [0.05, 0.1) is 6.61 Å². The lowest BCUT2D eigenvalue weighted by Gasteiger charge is -2.15. The molecule has 0 aliphatic carbocycles. The van der Waals surface area contributed by atoms with Gasteiger partial charge in [0.15, 0.2) is 11.5 Å². The SMILES string of the molecule is CC(C)c1c(CCON)ccc2c1OCO2. The van der Waals surface area contributed by atoms with Crippen molar-refractivity contribution in [2.45, 2.75) is 26.2 Å². The molecule has 0 amide bonds. The lowest BCUT2D eigenvalue weighted by molar-refractivity contribution is 0.141. The average molecular weight is 223 g/mol. The highest BCUT2D eigenvalue weighted by Gasteiger charge is 2.22. The molecular formula is C12H17NO3. The van der Waals surface area contributed by atoms with Gasteiger partial charge >= 0.3 is 0 Å². The molecular weight excluding hydrogens is 206 g/mol. The van der Waals surface area contributed by atoms with Crippen LogP contribution in [0.5, 0.6) is 11.5 Å². The van der Waals surface area contributed by atoms with Crippen molar-refractivity contribution in [2.75, 3.05) is 13.4 Å². The maximum atomic E-state index is 5.52. The highest BCUT2D eigenvalue weighted by Crippen LogP contribution is 2.41. The molecule has 0 radical (unpaired) electrons. The molecule has 0 bridgehead atoms. The first kappa shape index (κ1) is 11.2. The van der Waals surface area contributed by atoms with Crippen LogP contribution in [0.25, 0.3) is 0 Å². The summed E-state index contributed by atoms with van der Waals surface area (Å²) in [5.41, 5.74) is 2.41. The molecule has 88 valence electrons. The van der Waals surface area contributed by atoms with E-state index in [1.165, 1.54) is 11.1 Å². The van der Waals surface area contributed by atoms with Gasteiger partial charge in [0.25, 0.3) is 0 Å². The molecule has 1 aromatic rings. The summed E-state index contributed by atoms with van der Waals surface area (Å²) in [4.78, 5) is 4.63. The summed E-state index contributed by atoms with van der Waals surface area (Å²) in [7, 11) is 0. The predicted molar refractivity (Wildman–Crippen MR) is 60.5 cm³/mol. The fourth-order valence-corrected chi connectivity index (χ4v) is 2.05. The Kier molecular flexibility index (Phi) is 3.31. The van der Waals surface area contributed by atoms with E-state index in [-0.39, 0.29) is 0 Å².